The van der Waals surface area contributed by atoms with Gasteiger partial charge in [0, 0.05) is 38.4 Å². The van der Waals surface area contributed by atoms with E-state index in [0.29, 0.717) is 35.6 Å². The summed E-state index contributed by atoms with van der Waals surface area (Å²) in [5.41, 5.74) is -0.0175. The maximum atomic E-state index is 13.7. The topological polar surface area (TPSA) is 75.1 Å². The summed E-state index contributed by atoms with van der Waals surface area (Å²) in [7, 11) is 1.75. The summed E-state index contributed by atoms with van der Waals surface area (Å²) < 4.78 is 38.8. The molecule has 1 aliphatic carbocycles. The number of hydrogen-bond donors (Lipinski definition) is 0. The molecule has 1 saturated heterocycles. The number of aromatic nitrogens is 4. The van der Waals surface area contributed by atoms with Gasteiger partial charge in [-0.1, -0.05) is 0 Å². The molecule has 3 aromatic heterocycles. The molecule has 1 amide bonds. The first-order valence-corrected chi connectivity index (χ1v) is 10.6. The molecule has 0 aromatic carbocycles. The zero-order valence-corrected chi connectivity index (χ0v) is 17.8. The summed E-state index contributed by atoms with van der Waals surface area (Å²) in [6, 6.07) is 7.54. The van der Waals surface area contributed by atoms with Gasteiger partial charge in [-0.25, -0.2) is 15.0 Å². The molecule has 7 nitrogen and oxygen atoms in total. The third-order valence-corrected chi connectivity index (χ3v) is 6.34. The number of hydrogen-bond acceptors (Lipinski definition) is 6. The lowest BCUT2D eigenvalue weighted by Crippen LogP contribution is -2.53. The van der Waals surface area contributed by atoms with Crippen LogP contribution in [0.4, 0.5) is 19.0 Å². The molecule has 5 rings (SSSR count). The van der Waals surface area contributed by atoms with Gasteiger partial charge in [0.25, 0.3) is 5.91 Å². The molecule has 0 N–H and O–H groups in total. The van der Waals surface area contributed by atoms with Crippen LogP contribution in [0.15, 0.2) is 55.1 Å². The van der Waals surface area contributed by atoms with E-state index in [1.54, 1.807) is 53.6 Å². The van der Waals surface area contributed by atoms with E-state index in [2.05, 4.69) is 19.9 Å². The standard InChI is InChI=1S/C23H21F3N6O/c1-31(18-6-5-16(12-30-18)23(24,25)26)19-11-14-10-15(14)13-32(19)22(33)20-17(4-2-7-27-20)21-28-8-3-9-29-21/h2-9,12,14-15,19H,10-11,13H2,1H3. The number of nitrogens with zero attached hydrogens (tertiary/aromatic N) is 6. The first-order valence-electron chi connectivity index (χ1n) is 10.6. The van der Waals surface area contributed by atoms with Gasteiger partial charge in [0.05, 0.1) is 11.1 Å². The van der Waals surface area contributed by atoms with Crippen molar-refractivity contribution in [2.24, 2.45) is 11.8 Å². The van der Waals surface area contributed by atoms with Crippen molar-refractivity contribution in [1.82, 2.24) is 24.8 Å². The van der Waals surface area contributed by atoms with E-state index in [1.165, 1.54) is 6.07 Å². The Kier molecular flexibility index (Phi) is 5.22. The van der Waals surface area contributed by atoms with Crippen molar-refractivity contribution in [2.75, 3.05) is 18.5 Å². The highest BCUT2D eigenvalue weighted by Gasteiger charge is 2.49. The van der Waals surface area contributed by atoms with Crippen molar-refractivity contribution in [1.29, 1.82) is 0 Å². The Balaban J connectivity index is 1.46. The third kappa shape index (κ3) is 4.12. The zero-order valence-electron chi connectivity index (χ0n) is 17.8. The molecular weight excluding hydrogens is 433 g/mol. The summed E-state index contributed by atoms with van der Waals surface area (Å²) in [5, 5.41) is 0. The van der Waals surface area contributed by atoms with Crippen molar-refractivity contribution in [3.05, 3.63) is 66.4 Å². The number of piperidine rings is 1. The molecule has 33 heavy (non-hydrogen) atoms. The second-order valence-corrected chi connectivity index (χ2v) is 8.42. The second kappa shape index (κ2) is 8.09. The van der Waals surface area contributed by atoms with Gasteiger partial charge in [0.15, 0.2) is 5.82 Å². The lowest BCUT2D eigenvalue weighted by Gasteiger charge is -2.41. The SMILES string of the molecule is CN(c1ccc(C(F)(F)F)cn1)C1CC2CC2CN1C(=O)c1ncccc1-c1ncccn1. The molecule has 4 heterocycles. The van der Waals surface area contributed by atoms with Crippen LogP contribution in [0.1, 0.15) is 28.9 Å². The summed E-state index contributed by atoms with van der Waals surface area (Å²) in [6.07, 6.45) is 2.54. The number of anilines is 1. The predicted molar refractivity (Wildman–Crippen MR) is 114 cm³/mol. The van der Waals surface area contributed by atoms with Crippen molar-refractivity contribution < 1.29 is 18.0 Å². The van der Waals surface area contributed by atoms with Gasteiger partial charge in [-0.05, 0) is 55.0 Å². The van der Waals surface area contributed by atoms with Crippen LogP contribution in [-0.4, -0.2) is 50.5 Å². The predicted octanol–water partition coefficient (Wildman–Crippen LogP) is 3.90. The highest BCUT2D eigenvalue weighted by atomic mass is 19.4. The fraction of sp³-hybridized carbons (Fsp3) is 0.348. The van der Waals surface area contributed by atoms with Gasteiger partial charge >= 0.3 is 6.18 Å². The molecule has 2 fully saturated rings. The summed E-state index contributed by atoms with van der Waals surface area (Å²) in [6.45, 7) is 0.560. The molecule has 170 valence electrons. The number of rotatable bonds is 4. The highest BCUT2D eigenvalue weighted by Crippen LogP contribution is 2.48. The molecule has 2 aliphatic rings. The smallest absolute Gasteiger partial charge is 0.339 e. The average Bonchev–Trinajstić information content (AvgIpc) is 3.61. The average molecular weight is 454 g/mol. The molecule has 0 spiro atoms. The summed E-state index contributed by atoms with van der Waals surface area (Å²) in [5.74, 6) is 1.45. The van der Waals surface area contributed by atoms with E-state index < -0.39 is 11.7 Å². The van der Waals surface area contributed by atoms with Crippen LogP contribution >= 0.6 is 0 Å². The van der Waals surface area contributed by atoms with E-state index in [9.17, 15) is 18.0 Å². The van der Waals surface area contributed by atoms with Crippen LogP contribution in [0.25, 0.3) is 11.4 Å². The fourth-order valence-corrected chi connectivity index (χ4v) is 4.43. The maximum absolute atomic E-state index is 13.7. The number of fused-ring (bicyclic) bond motifs is 1. The normalized spacial score (nSPS) is 21.9. The number of carbonyl (C=O) groups is 1. The molecule has 10 heteroatoms. The molecule has 3 atom stereocenters. The number of pyridine rings is 2. The minimum absolute atomic E-state index is 0.251. The van der Waals surface area contributed by atoms with Gasteiger partial charge in [-0.15, -0.1) is 0 Å². The van der Waals surface area contributed by atoms with Gasteiger partial charge < -0.3 is 9.80 Å². The van der Waals surface area contributed by atoms with E-state index in [1.807, 2.05) is 0 Å². The monoisotopic (exact) mass is 454 g/mol. The molecule has 3 aromatic rings. The Hall–Kier alpha value is -3.56. The van der Waals surface area contributed by atoms with Crippen LogP contribution in [0.3, 0.4) is 0 Å². The molecular formula is C23H21F3N6O. The first kappa shape index (κ1) is 21.3. The summed E-state index contributed by atoms with van der Waals surface area (Å²) >= 11 is 0. The van der Waals surface area contributed by atoms with Crippen LogP contribution in [0.5, 0.6) is 0 Å². The van der Waals surface area contributed by atoms with Crippen LogP contribution in [0.2, 0.25) is 0 Å². The van der Waals surface area contributed by atoms with Gasteiger partial charge in [-0.3, -0.25) is 9.78 Å². The molecule has 0 radical (unpaired) electrons. The van der Waals surface area contributed by atoms with Gasteiger partial charge in [-0.2, -0.15) is 13.2 Å². The number of amides is 1. The van der Waals surface area contributed by atoms with Crippen molar-refractivity contribution >= 4 is 11.7 Å². The molecule has 1 aliphatic heterocycles. The second-order valence-electron chi connectivity index (χ2n) is 8.42. The van der Waals surface area contributed by atoms with Crippen molar-refractivity contribution in [2.45, 2.75) is 25.2 Å². The Morgan fingerprint density at radius 1 is 1.00 bits per heavy atom. The third-order valence-electron chi connectivity index (χ3n) is 6.34. The Labute approximate surface area is 188 Å². The van der Waals surface area contributed by atoms with Gasteiger partial charge in [0.2, 0.25) is 0 Å². The van der Waals surface area contributed by atoms with E-state index in [0.717, 1.165) is 25.1 Å². The fourth-order valence-electron chi connectivity index (χ4n) is 4.43. The number of likely N-dealkylation sites (tertiary alicyclic amines) is 1. The molecule has 0 bridgehead atoms. The van der Waals surface area contributed by atoms with Crippen LogP contribution < -0.4 is 4.90 Å². The first-order chi connectivity index (χ1) is 15.8. The molecule has 1 saturated carbocycles. The van der Waals surface area contributed by atoms with Crippen molar-refractivity contribution in [3.63, 3.8) is 0 Å². The van der Waals surface area contributed by atoms with E-state index in [-0.39, 0.29) is 17.8 Å². The van der Waals surface area contributed by atoms with E-state index in [4.69, 9.17) is 0 Å². The number of halogens is 3. The maximum Gasteiger partial charge on any atom is 0.417 e. The number of alkyl halides is 3. The summed E-state index contributed by atoms with van der Waals surface area (Å²) in [4.78, 5) is 34.1. The zero-order chi connectivity index (χ0) is 23.2. The minimum atomic E-state index is -4.45. The van der Waals surface area contributed by atoms with Gasteiger partial charge in [0.1, 0.15) is 17.7 Å². The van der Waals surface area contributed by atoms with Crippen LogP contribution in [0, 0.1) is 11.8 Å². The lowest BCUT2D eigenvalue weighted by atomic mass is 10.0. The Morgan fingerprint density at radius 3 is 2.45 bits per heavy atom. The molecule has 3 unspecified atom stereocenters. The Bertz CT molecular complexity index is 1150. The lowest BCUT2D eigenvalue weighted by molar-refractivity contribution is -0.137. The highest BCUT2D eigenvalue weighted by molar-refractivity contribution is 5.98. The van der Waals surface area contributed by atoms with E-state index >= 15 is 0 Å². The number of carbonyl (C=O) groups excluding carboxylic acids is 1. The van der Waals surface area contributed by atoms with Crippen molar-refractivity contribution in [3.8, 4) is 11.4 Å². The minimum Gasteiger partial charge on any atom is -0.339 e. The Morgan fingerprint density at radius 2 is 1.76 bits per heavy atom. The quantitative estimate of drug-likeness (QED) is 0.595. The largest absolute Gasteiger partial charge is 0.417 e. The van der Waals surface area contributed by atoms with Crippen LogP contribution in [-0.2, 0) is 6.18 Å².